The van der Waals surface area contributed by atoms with Crippen LogP contribution in [0.3, 0.4) is 0 Å². The number of anilines is 4. The number of piperazine rings is 1. The van der Waals surface area contributed by atoms with Gasteiger partial charge in [-0.25, -0.2) is 13.8 Å². The fourth-order valence-corrected chi connectivity index (χ4v) is 5.91. The fourth-order valence-electron chi connectivity index (χ4n) is 5.75. The van der Waals surface area contributed by atoms with Crippen LogP contribution >= 0.6 is 11.6 Å². The summed E-state index contributed by atoms with van der Waals surface area (Å²) in [7, 11) is 1.31. The minimum Gasteiger partial charge on any atom is -0.394 e. The maximum absolute atomic E-state index is 14.8. The second-order valence-corrected chi connectivity index (χ2v) is 11.4. The van der Waals surface area contributed by atoms with Crippen LogP contribution in [0.5, 0.6) is 0 Å². The Bertz CT molecular complexity index is 1550. The molecule has 3 heterocycles. The number of ether oxygens (including phenoxy) is 1. The van der Waals surface area contributed by atoms with E-state index in [0.29, 0.717) is 30.5 Å². The van der Waals surface area contributed by atoms with Crippen molar-refractivity contribution in [1.82, 2.24) is 9.88 Å². The monoisotopic (exact) mass is 653 g/mol. The fraction of sp³-hybridized carbons (Fsp3) is 0.419. The summed E-state index contributed by atoms with van der Waals surface area (Å²) in [4.78, 5) is 25.2. The highest BCUT2D eigenvalue weighted by molar-refractivity contribution is 6.31. The molecule has 1 amide bonds. The molecule has 2 aliphatic rings. The Hall–Kier alpha value is -3.52. The van der Waals surface area contributed by atoms with Gasteiger partial charge in [-0.3, -0.25) is 9.69 Å². The van der Waals surface area contributed by atoms with Gasteiger partial charge >= 0.3 is 6.18 Å². The Morgan fingerprint density at radius 1 is 1.07 bits per heavy atom. The first-order valence-corrected chi connectivity index (χ1v) is 14.8. The van der Waals surface area contributed by atoms with E-state index in [0.717, 1.165) is 61.5 Å². The van der Waals surface area contributed by atoms with Gasteiger partial charge in [0.05, 0.1) is 36.1 Å². The van der Waals surface area contributed by atoms with E-state index in [4.69, 9.17) is 21.4 Å². The predicted molar refractivity (Wildman–Crippen MR) is 161 cm³/mol. The van der Waals surface area contributed by atoms with Crippen molar-refractivity contribution in [2.24, 2.45) is 0 Å². The summed E-state index contributed by atoms with van der Waals surface area (Å²) in [6, 6.07) is 7.88. The molecular formula is C31H33ClF5N5O3. The van der Waals surface area contributed by atoms with Crippen molar-refractivity contribution < 1.29 is 36.6 Å². The van der Waals surface area contributed by atoms with Crippen molar-refractivity contribution in [3.63, 3.8) is 0 Å². The number of alkyl halides is 3. The molecule has 1 fully saturated rings. The molecule has 1 aromatic heterocycles. The van der Waals surface area contributed by atoms with Gasteiger partial charge in [-0.2, -0.15) is 13.2 Å². The van der Waals surface area contributed by atoms with Crippen molar-refractivity contribution in [2.45, 2.75) is 25.6 Å². The molecule has 0 saturated carbocycles. The Morgan fingerprint density at radius 3 is 2.49 bits per heavy atom. The molecule has 0 spiro atoms. The lowest BCUT2D eigenvalue weighted by Crippen LogP contribution is -2.47. The van der Waals surface area contributed by atoms with Crippen LogP contribution in [0.25, 0.3) is 0 Å². The molecule has 3 aromatic rings. The van der Waals surface area contributed by atoms with Gasteiger partial charge in [-0.15, -0.1) is 0 Å². The number of aliphatic hydroxyl groups is 1. The molecular weight excluding hydrogens is 621 g/mol. The molecule has 0 aliphatic carbocycles. The number of carbonyl (C=O) groups excluding carboxylic acids is 1. The largest absolute Gasteiger partial charge is 0.416 e. The number of pyridine rings is 1. The minimum absolute atomic E-state index is 0.0206. The topological polar surface area (TPSA) is 72.4 Å². The highest BCUT2D eigenvalue weighted by Crippen LogP contribution is 2.42. The Morgan fingerprint density at radius 2 is 1.80 bits per heavy atom. The maximum Gasteiger partial charge on any atom is 0.416 e. The number of aliphatic hydroxyl groups excluding tert-OH is 1. The van der Waals surface area contributed by atoms with Gasteiger partial charge in [0, 0.05) is 69.3 Å². The van der Waals surface area contributed by atoms with Gasteiger partial charge in [-0.1, -0.05) is 11.6 Å². The van der Waals surface area contributed by atoms with E-state index in [1.165, 1.54) is 18.9 Å². The van der Waals surface area contributed by atoms with E-state index < -0.39 is 35.3 Å². The third-order valence-electron chi connectivity index (χ3n) is 8.05. The SMILES string of the molecule is Cc1cc(C(F)(F)F)cc(N2c3ccc(N4CCN(CCOCCO)CC4)cc3C[C@H]2C(=O)N(C)c2cc(Cl)c(F)cc2F)n1. The molecule has 2 aromatic carbocycles. The number of aryl methyl sites for hydroxylation is 1. The molecule has 1 saturated heterocycles. The number of benzene rings is 2. The zero-order valence-corrected chi connectivity index (χ0v) is 25.5. The summed E-state index contributed by atoms with van der Waals surface area (Å²) in [5.41, 5.74) is 1.06. The van der Waals surface area contributed by atoms with Crippen molar-refractivity contribution in [3.05, 3.63) is 75.9 Å². The molecule has 0 bridgehead atoms. The van der Waals surface area contributed by atoms with E-state index >= 15 is 0 Å². The van der Waals surface area contributed by atoms with Crippen LogP contribution < -0.4 is 14.7 Å². The molecule has 1 N–H and O–H groups in total. The van der Waals surface area contributed by atoms with Crippen LogP contribution in [-0.4, -0.2) is 86.5 Å². The summed E-state index contributed by atoms with van der Waals surface area (Å²) in [6.07, 6.45) is -4.53. The van der Waals surface area contributed by atoms with Gasteiger partial charge in [0.1, 0.15) is 23.5 Å². The van der Waals surface area contributed by atoms with Crippen LogP contribution in [0.2, 0.25) is 5.02 Å². The van der Waals surface area contributed by atoms with E-state index in [1.54, 1.807) is 6.07 Å². The average molecular weight is 654 g/mol. The summed E-state index contributed by atoms with van der Waals surface area (Å²) in [6.45, 7) is 6.02. The molecule has 0 unspecified atom stereocenters. The number of nitrogens with zero attached hydrogens (tertiary/aromatic N) is 5. The number of hydrogen-bond donors (Lipinski definition) is 1. The number of amides is 1. The predicted octanol–water partition coefficient (Wildman–Crippen LogP) is 5.20. The first-order chi connectivity index (χ1) is 21.4. The third-order valence-corrected chi connectivity index (χ3v) is 8.34. The van der Waals surface area contributed by atoms with E-state index in [-0.39, 0.29) is 35.2 Å². The lowest BCUT2D eigenvalue weighted by molar-refractivity contribution is -0.137. The smallest absolute Gasteiger partial charge is 0.394 e. The van der Waals surface area contributed by atoms with Crippen molar-refractivity contribution in [1.29, 1.82) is 0 Å². The lowest BCUT2D eigenvalue weighted by Gasteiger charge is -2.36. The highest BCUT2D eigenvalue weighted by atomic mass is 35.5. The number of carbonyl (C=O) groups is 1. The van der Waals surface area contributed by atoms with E-state index in [2.05, 4.69) is 14.8 Å². The number of likely N-dealkylation sites (N-methyl/N-ethyl adjacent to an activating group) is 1. The molecule has 5 rings (SSSR count). The normalized spacial score (nSPS) is 17.1. The Labute approximate surface area is 262 Å². The maximum atomic E-state index is 14.8. The van der Waals surface area contributed by atoms with Crippen LogP contribution in [0.15, 0.2) is 42.5 Å². The molecule has 45 heavy (non-hydrogen) atoms. The number of fused-ring (bicyclic) bond motifs is 1. The minimum atomic E-state index is -4.65. The summed E-state index contributed by atoms with van der Waals surface area (Å²) >= 11 is 5.88. The van der Waals surface area contributed by atoms with Crippen molar-refractivity contribution >= 4 is 40.4 Å². The first-order valence-electron chi connectivity index (χ1n) is 14.4. The third kappa shape index (κ3) is 7.16. The zero-order valence-electron chi connectivity index (χ0n) is 24.8. The average Bonchev–Trinajstić information content (AvgIpc) is 3.39. The van der Waals surface area contributed by atoms with Crippen molar-refractivity contribution in [2.75, 3.05) is 74.3 Å². The molecule has 1 atom stereocenters. The highest BCUT2D eigenvalue weighted by Gasteiger charge is 2.40. The zero-order chi connectivity index (χ0) is 32.5. The van der Waals surface area contributed by atoms with Gasteiger partial charge in [-0.05, 0) is 48.9 Å². The van der Waals surface area contributed by atoms with Crippen molar-refractivity contribution in [3.8, 4) is 0 Å². The summed E-state index contributed by atoms with van der Waals surface area (Å²) in [5, 5.41) is 8.49. The Kier molecular flexibility index (Phi) is 9.83. The number of aromatic nitrogens is 1. The second kappa shape index (κ2) is 13.5. The number of rotatable bonds is 9. The standard InChI is InChI=1S/C31H33ClF5N5O3/c1-19-13-21(31(35,36)37)16-29(38-19)42-26-4-3-22(41-7-5-40(6-8-41)9-11-45-12-10-43)14-20(26)15-28(42)30(44)39(2)27-17-23(32)24(33)18-25(27)34/h3-4,13-14,16-18,28,43H,5-12,15H2,1-2H3/t28-/m0/s1. The van der Waals surface area contributed by atoms with Crippen LogP contribution in [0.4, 0.5) is 44.8 Å². The quantitative estimate of drug-likeness (QED) is 0.194. The molecule has 242 valence electrons. The van der Waals surface area contributed by atoms with Gasteiger partial charge in [0.2, 0.25) is 5.91 Å². The molecule has 14 heteroatoms. The molecule has 2 aliphatic heterocycles. The Balaban J connectivity index is 1.45. The van der Waals surface area contributed by atoms with E-state index in [9.17, 15) is 26.7 Å². The van der Waals surface area contributed by atoms with Gasteiger partial charge in [0.15, 0.2) is 0 Å². The molecule has 8 nitrogen and oxygen atoms in total. The first kappa shape index (κ1) is 32.9. The summed E-state index contributed by atoms with van der Waals surface area (Å²) < 4.78 is 75.4. The van der Waals surface area contributed by atoms with Gasteiger partial charge in [0.25, 0.3) is 0 Å². The van der Waals surface area contributed by atoms with Crippen LogP contribution in [0.1, 0.15) is 16.8 Å². The van der Waals surface area contributed by atoms with Gasteiger partial charge < -0.3 is 24.5 Å². The molecule has 0 radical (unpaired) electrons. The van der Waals surface area contributed by atoms with Crippen LogP contribution in [-0.2, 0) is 22.1 Å². The summed E-state index contributed by atoms with van der Waals surface area (Å²) in [5.74, 6) is -2.71. The second-order valence-electron chi connectivity index (χ2n) is 11.0. The number of hydrogen-bond acceptors (Lipinski definition) is 7. The number of halogens is 6. The van der Waals surface area contributed by atoms with E-state index in [1.807, 2.05) is 12.1 Å². The lowest BCUT2D eigenvalue weighted by atomic mass is 10.1. The van der Waals surface area contributed by atoms with Crippen LogP contribution in [0, 0.1) is 18.6 Å².